The molecule has 3 N–H and O–H groups in total. The Bertz CT molecular complexity index is 1350. The Morgan fingerprint density at radius 2 is 1.75 bits per heavy atom. The summed E-state index contributed by atoms with van der Waals surface area (Å²) in [6, 6.07) is 9.41. The normalized spacial score (nSPS) is 21.3. The smallest absolute Gasteiger partial charge is 0.313 e. The molecule has 4 rings (SSSR count). The van der Waals surface area contributed by atoms with Crippen LogP contribution in [0.3, 0.4) is 0 Å². The Kier molecular flexibility index (Phi) is 7.01. The number of carbonyl (C=O) groups is 3. The van der Waals surface area contributed by atoms with Crippen molar-refractivity contribution < 1.29 is 37.9 Å². The van der Waals surface area contributed by atoms with Crippen LogP contribution in [-0.2, 0) is 39.9 Å². The Balaban J connectivity index is 1.84. The summed E-state index contributed by atoms with van der Waals surface area (Å²) in [5, 5.41) is 0. The molecule has 1 aliphatic heterocycles. The SMILES string of the molecule is CC(=O)OC[C@H]1O[C@@H]([n+]2cn(Cc3ccccc3)c3c(=O)[nH]c(N)nc32)[C@H](OC(C)=O)[C@@H]1OC(C)=O. The molecular weight excluding hydrogens is 474 g/mol. The molecule has 1 aliphatic rings. The zero-order valence-electron chi connectivity index (χ0n) is 19.9. The Morgan fingerprint density at radius 3 is 2.39 bits per heavy atom. The predicted octanol–water partition coefficient (Wildman–Crippen LogP) is -0.0335. The van der Waals surface area contributed by atoms with E-state index in [0.717, 1.165) is 5.56 Å². The van der Waals surface area contributed by atoms with Crippen molar-refractivity contribution in [2.45, 2.75) is 51.9 Å². The van der Waals surface area contributed by atoms with Gasteiger partial charge in [-0.3, -0.25) is 28.7 Å². The minimum Gasteiger partial charge on any atom is -0.463 e. The van der Waals surface area contributed by atoms with Gasteiger partial charge in [-0.15, -0.1) is 0 Å². The van der Waals surface area contributed by atoms with Crippen molar-refractivity contribution in [3.05, 3.63) is 52.6 Å². The molecule has 1 fully saturated rings. The number of nitrogens with zero attached hydrogens (tertiary/aromatic N) is 3. The average Bonchev–Trinajstić information content (AvgIpc) is 3.30. The van der Waals surface area contributed by atoms with Gasteiger partial charge in [0.15, 0.2) is 18.5 Å². The van der Waals surface area contributed by atoms with Gasteiger partial charge in [-0.25, -0.2) is 4.57 Å². The number of aromatic amines is 1. The number of carbonyl (C=O) groups excluding carboxylic acids is 3. The number of anilines is 1. The number of rotatable bonds is 7. The summed E-state index contributed by atoms with van der Waals surface area (Å²) in [6.45, 7) is 3.67. The highest BCUT2D eigenvalue weighted by Gasteiger charge is 2.53. The van der Waals surface area contributed by atoms with Crippen LogP contribution in [0.5, 0.6) is 0 Å². The quantitative estimate of drug-likeness (QED) is 0.255. The van der Waals surface area contributed by atoms with E-state index in [1.165, 1.54) is 25.3 Å². The van der Waals surface area contributed by atoms with Gasteiger partial charge in [0.25, 0.3) is 11.5 Å². The van der Waals surface area contributed by atoms with Crippen molar-refractivity contribution in [3.63, 3.8) is 0 Å². The van der Waals surface area contributed by atoms with Gasteiger partial charge in [0.1, 0.15) is 12.7 Å². The van der Waals surface area contributed by atoms with E-state index in [4.69, 9.17) is 24.7 Å². The molecular formula is C23H26N5O8+. The highest BCUT2D eigenvalue weighted by atomic mass is 16.7. The lowest BCUT2D eigenvalue weighted by Crippen LogP contribution is -2.48. The molecule has 1 saturated heterocycles. The predicted molar refractivity (Wildman–Crippen MR) is 122 cm³/mol. The number of hydrogen-bond acceptors (Lipinski definition) is 10. The number of aromatic nitrogens is 4. The zero-order valence-corrected chi connectivity index (χ0v) is 19.9. The molecule has 0 saturated carbocycles. The lowest BCUT2D eigenvalue weighted by Gasteiger charge is -2.22. The molecule has 36 heavy (non-hydrogen) atoms. The monoisotopic (exact) mass is 500 g/mol. The summed E-state index contributed by atoms with van der Waals surface area (Å²) in [5.74, 6) is -2.00. The topological polar surface area (TPSA) is 169 Å². The molecule has 3 aromatic rings. The van der Waals surface area contributed by atoms with E-state index in [1.807, 2.05) is 30.3 Å². The van der Waals surface area contributed by atoms with Crippen molar-refractivity contribution in [3.8, 4) is 0 Å². The van der Waals surface area contributed by atoms with Gasteiger partial charge in [0, 0.05) is 20.8 Å². The third-order valence-electron chi connectivity index (χ3n) is 5.50. The standard InChI is InChI=1S/C23H25N5O8/c1-12(29)33-10-16-18(34-13(2)30)19(35-14(3)31)22(36-16)28-11-27(9-15-7-5-4-6-8-15)17-20(28)25-23(24)26-21(17)32/h4-8,11,16,18-19,22H,9-10H2,1-3H3,(H2-,24,25,26,32)/p+1/t16-,18-,19-,22-/m1/s1. The van der Waals surface area contributed by atoms with Crippen LogP contribution in [0.4, 0.5) is 5.95 Å². The summed E-state index contributed by atoms with van der Waals surface area (Å²) < 4.78 is 25.3. The molecule has 0 aliphatic carbocycles. The van der Waals surface area contributed by atoms with Crippen molar-refractivity contribution in [2.75, 3.05) is 12.3 Å². The molecule has 0 spiro atoms. The molecule has 4 atom stereocenters. The number of nitrogens with two attached hydrogens (primary N) is 1. The average molecular weight is 500 g/mol. The fourth-order valence-electron chi connectivity index (χ4n) is 4.18. The van der Waals surface area contributed by atoms with Crippen molar-refractivity contribution in [1.29, 1.82) is 0 Å². The van der Waals surface area contributed by atoms with Gasteiger partial charge in [-0.2, -0.15) is 0 Å². The van der Waals surface area contributed by atoms with Crippen LogP contribution in [0.2, 0.25) is 0 Å². The van der Waals surface area contributed by atoms with Crippen LogP contribution in [0.15, 0.2) is 41.5 Å². The number of H-pyrrole nitrogens is 1. The van der Waals surface area contributed by atoms with Gasteiger partial charge in [0.2, 0.25) is 11.7 Å². The van der Waals surface area contributed by atoms with E-state index in [9.17, 15) is 19.2 Å². The van der Waals surface area contributed by atoms with E-state index in [2.05, 4.69) is 9.97 Å². The summed E-state index contributed by atoms with van der Waals surface area (Å²) in [4.78, 5) is 54.9. The first-order chi connectivity index (χ1) is 17.1. The Morgan fingerprint density at radius 1 is 1.08 bits per heavy atom. The number of esters is 3. The molecule has 0 unspecified atom stereocenters. The van der Waals surface area contributed by atoms with Gasteiger partial charge in [-0.1, -0.05) is 35.3 Å². The molecule has 13 nitrogen and oxygen atoms in total. The molecule has 2 aromatic heterocycles. The number of benzene rings is 1. The molecule has 0 amide bonds. The summed E-state index contributed by atoms with van der Waals surface area (Å²) in [5.41, 5.74) is 6.61. The van der Waals surface area contributed by atoms with Crippen LogP contribution in [0, 0.1) is 0 Å². The summed E-state index contributed by atoms with van der Waals surface area (Å²) >= 11 is 0. The first kappa shape index (κ1) is 24.9. The maximum absolute atomic E-state index is 12.9. The maximum atomic E-state index is 12.9. The fourth-order valence-corrected chi connectivity index (χ4v) is 4.18. The van der Waals surface area contributed by atoms with Gasteiger partial charge in [-0.05, 0) is 5.56 Å². The van der Waals surface area contributed by atoms with Crippen molar-refractivity contribution >= 4 is 35.0 Å². The molecule has 190 valence electrons. The minimum atomic E-state index is -1.14. The van der Waals surface area contributed by atoms with Crippen molar-refractivity contribution in [1.82, 2.24) is 14.5 Å². The van der Waals surface area contributed by atoms with Gasteiger partial charge < -0.3 is 24.7 Å². The van der Waals surface area contributed by atoms with E-state index in [1.54, 1.807) is 10.9 Å². The molecule has 3 heterocycles. The second kappa shape index (κ2) is 10.2. The van der Waals surface area contributed by atoms with E-state index in [0.29, 0.717) is 6.54 Å². The van der Waals surface area contributed by atoms with Crippen LogP contribution < -0.4 is 15.9 Å². The van der Waals surface area contributed by atoms with Crippen LogP contribution in [0.25, 0.3) is 11.2 Å². The number of fused-ring (bicyclic) bond motifs is 1. The second-order valence-electron chi connectivity index (χ2n) is 8.28. The van der Waals surface area contributed by atoms with Gasteiger partial charge in [0.05, 0.1) is 6.54 Å². The molecule has 13 heteroatoms. The number of nitrogens with one attached hydrogen (secondary N) is 1. The first-order valence-corrected chi connectivity index (χ1v) is 11.1. The molecule has 1 aromatic carbocycles. The van der Waals surface area contributed by atoms with Crippen LogP contribution >= 0.6 is 0 Å². The number of hydrogen-bond donors (Lipinski definition) is 2. The third kappa shape index (κ3) is 5.20. The van der Waals surface area contributed by atoms with Gasteiger partial charge >= 0.3 is 23.6 Å². The van der Waals surface area contributed by atoms with Crippen molar-refractivity contribution in [2.24, 2.45) is 0 Å². The van der Waals surface area contributed by atoms with Crippen LogP contribution in [0.1, 0.15) is 32.6 Å². The molecule has 0 radical (unpaired) electrons. The number of ether oxygens (including phenoxy) is 4. The minimum absolute atomic E-state index is 0.131. The Hall–Kier alpha value is -4.26. The fraction of sp³-hybridized carbons (Fsp3) is 0.391. The maximum Gasteiger partial charge on any atom is 0.313 e. The zero-order chi connectivity index (χ0) is 26.0. The molecule has 0 bridgehead atoms. The first-order valence-electron chi connectivity index (χ1n) is 11.1. The van der Waals surface area contributed by atoms with E-state index >= 15 is 0 Å². The van der Waals surface area contributed by atoms with E-state index in [-0.39, 0.29) is 23.7 Å². The highest BCUT2D eigenvalue weighted by molar-refractivity contribution is 5.69. The lowest BCUT2D eigenvalue weighted by atomic mass is 10.1. The highest BCUT2D eigenvalue weighted by Crippen LogP contribution is 2.32. The van der Waals surface area contributed by atoms with E-state index < -0.39 is 48.0 Å². The largest absolute Gasteiger partial charge is 0.463 e. The summed E-state index contributed by atoms with van der Waals surface area (Å²) in [7, 11) is 0. The lowest BCUT2D eigenvalue weighted by molar-refractivity contribution is -0.745. The number of imidazole rings is 1. The summed E-state index contributed by atoms with van der Waals surface area (Å²) in [6.07, 6.45) is -2.72. The van der Waals surface area contributed by atoms with Crippen LogP contribution in [-0.4, -0.2) is 57.4 Å². The third-order valence-corrected chi connectivity index (χ3v) is 5.50. The Labute approximate surface area is 204 Å². The number of nitrogen functional groups attached to an aromatic ring is 1. The second-order valence-corrected chi connectivity index (χ2v) is 8.28.